The van der Waals surface area contributed by atoms with E-state index in [1.54, 1.807) is 6.07 Å². The van der Waals surface area contributed by atoms with Crippen LogP contribution in [0.1, 0.15) is 21.5 Å². The number of carbonyl (C=O) groups is 1. The Morgan fingerprint density at radius 2 is 1.64 bits per heavy atom. The third-order valence-corrected chi connectivity index (χ3v) is 6.99. The summed E-state index contributed by atoms with van der Waals surface area (Å²) in [5, 5.41) is 4.60. The second-order valence-corrected chi connectivity index (χ2v) is 9.04. The molecule has 1 amide bonds. The van der Waals surface area contributed by atoms with Gasteiger partial charge in [-0.2, -0.15) is 4.31 Å². The van der Waals surface area contributed by atoms with Crippen LogP contribution in [0.25, 0.3) is 10.8 Å². The molecule has 28 heavy (non-hydrogen) atoms. The van der Waals surface area contributed by atoms with Gasteiger partial charge < -0.3 is 5.32 Å². The lowest BCUT2D eigenvalue weighted by molar-refractivity contribution is 0.0957. The lowest BCUT2D eigenvalue weighted by Gasteiger charge is -2.28. The number of benzene rings is 3. The van der Waals surface area contributed by atoms with Gasteiger partial charge in [-0.15, -0.1) is 0 Å². The van der Waals surface area contributed by atoms with Crippen LogP contribution in [0, 0.1) is 0 Å². The van der Waals surface area contributed by atoms with Crippen LogP contribution < -0.4 is 5.32 Å². The molecule has 0 saturated heterocycles. The van der Waals surface area contributed by atoms with Crippen molar-refractivity contribution >= 4 is 26.7 Å². The Balaban J connectivity index is 1.40. The minimum absolute atomic E-state index is 0.0858. The zero-order valence-electron chi connectivity index (χ0n) is 15.5. The highest BCUT2D eigenvalue weighted by molar-refractivity contribution is 7.89. The molecule has 1 heterocycles. The van der Waals surface area contributed by atoms with Gasteiger partial charge in [0.25, 0.3) is 5.91 Å². The lowest BCUT2D eigenvalue weighted by atomic mass is 10.0. The monoisotopic (exact) mass is 394 g/mol. The number of hydrogen-bond donors (Lipinski definition) is 1. The summed E-state index contributed by atoms with van der Waals surface area (Å²) in [4.78, 5) is 12.6. The first-order valence-corrected chi connectivity index (χ1v) is 11.0. The number of hydrogen-bond acceptors (Lipinski definition) is 3. The van der Waals surface area contributed by atoms with Gasteiger partial charge in [0, 0.05) is 25.2 Å². The molecule has 0 unspecified atom stereocenters. The summed E-state index contributed by atoms with van der Waals surface area (Å²) in [6, 6.07) is 21.1. The highest BCUT2D eigenvalue weighted by Gasteiger charge is 2.26. The molecule has 1 aliphatic rings. The van der Waals surface area contributed by atoms with Crippen LogP contribution in [0.5, 0.6) is 0 Å². The summed E-state index contributed by atoms with van der Waals surface area (Å²) in [6.07, 6.45) is 0.720. The Kier molecular flexibility index (Phi) is 5.15. The predicted molar refractivity (Wildman–Crippen MR) is 111 cm³/mol. The smallest absolute Gasteiger partial charge is 0.251 e. The molecule has 1 aliphatic heterocycles. The Hall–Kier alpha value is -2.70. The molecule has 0 spiro atoms. The largest absolute Gasteiger partial charge is 0.351 e. The molecular weight excluding hydrogens is 372 g/mol. The van der Waals surface area contributed by atoms with E-state index in [1.165, 1.54) is 9.87 Å². The van der Waals surface area contributed by atoms with E-state index < -0.39 is 10.0 Å². The molecule has 3 aromatic rings. The third kappa shape index (κ3) is 3.79. The van der Waals surface area contributed by atoms with E-state index in [0.29, 0.717) is 18.7 Å². The zero-order valence-corrected chi connectivity index (χ0v) is 16.3. The minimum atomic E-state index is -3.43. The Morgan fingerprint density at radius 1 is 0.929 bits per heavy atom. The SMILES string of the molecule is O=C(NCCS(=O)(=O)N1CCc2ccccc2C1)c1cccc2ccccc12. The lowest BCUT2D eigenvalue weighted by Crippen LogP contribution is -2.40. The second kappa shape index (κ2) is 7.73. The van der Waals surface area contributed by atoms with Crippen LogP contribution >= 0.6 is 0 Å². The van der Waals surface area contributed by atoms with Crippen molar-refractivity contribution in [3.8, 4) is 0 Å². The standard InChI is InChI=1S/C22H22N2O3S/c25-22(21-11-5-9-18-7-3-4-10-20(18)21)23-13-15-28(26,27)24-14-12-17-6-1-2-8-19(17)16-24/h1-11H,12-16H2,(H,23,25). The number of amides is 1. The summed E-state index contributed by atoms with van der Waals surface area (Å²) in [7, 11) is -3.43. The van der Waals surface area contributed by atoms with E-state index in [0.717, 1.165) is 22.8 Å². The van der Waals surface area contributed by atoms with Crippen LogP contribution in [0.15, 0.2) is 66.7 Å². The van der Waals surface area contributed by atoms with Gasteiger partial charge in [-0.1, -0.05) is 60.7 Å². The van der Waals surface area contributed by atoms with Gasteiger partial charge in [-0.25, -0.2) is 8.42 Å². The molecule has 0 fully saturated rings. The van der Waals surface area contributed by atoms with E-state index in [9.17, 15) is 13.2 Å². The molecule has 6 heteroatoms. The average Bonchev–Trinajstić information content (AvgIpc) is 2.72. The Labute approximate surface area is 165 Å². The average molecular weight is 394 g/mol. The minimum Gasteiger partial charge on any atom is -0.351 e. The van der Waals surface area contributed by atoms with E-state index in [1.807, 2.05) is 60.7 Å². The van der Waals surface area contributed by atoms with Crippen LogP contribution in [0.2, 0.25) is 0 Å². The Bertz CT molecular complexity index is 1120. The fraction of sp³-hybridized carbons (Fsp3) is 0.227. The molecule has 0 aromatic heterocycles. The van der Waals surface area contributed by atoms with Gasteiger partial charge in [0.1, 0.15) is 0 Å². The zero-order chi connectivity index (χ0) is 19.6. The summed E-state index contributed by atoms with van der Waals surface area (Å²) in [6.45, 7) is 0.967. The number of sulfonamides is 1. The summed E-state index contributed by atoms with van der Waals surface area (Å²) in [5.41, 5.74) is 2.82. The first-order chi connectivity index (χ1) is 13.5. The molecule has 4 rings (SSSR count). The highest BCUT2D eigenvalue weighted by atomic mass is 32.2. The summed E-state index contributed by atoms with van der Waals surface area (Å²) < 4.78 is 26.9. The van der Waals surface area contributed by atoms with Crippen molar-refractivity contribution in [2.24, 2.45) is 0 Å². The first kappa shape index (κ1) is 18.7. The maximum absolute atomic E-state index is 12.7. The van der Waals surface area contributed by atoms with Gasteiger partial charge in [0.05, 0.1) is 5.75 Å². The van der Waals surface area contributed by atoms with Crippen molar-refractivity contribution in [3.05, 3.63) is 83.4 Å². The molecule has 144 valence electrons. The third-order valence-electron chi connectivity index (χ3n) is 5.17. The molecule has 1 N–H and O–H groups in total. The molecular formula is C22H22N2O3S. The number of rotatable bonds is 5. The normalized spacial score (nSPS) is 14.6. The second-order valence-electron chi connectivity index (χ2n) is 6.95. The first-order valence-electron chi connectivity index (χ1n) is 9.35. The maximum Gasteiger partial charge on any atom is 0.251 e. The van der Waals surface area contributed by atoms with Crippen LogP contribution in [0.4, 0.5) is 0 Å². The van der Waals surface area contributed by atoms with Crippen LogP contribution in [-0.4, -0.2) is 37.5 Å². The fourth-order valence-electron chi connectivity index (χ4n) is 3.65. The summed E-state index contributed by atoms with van der Waals surface area (Å²) >= 11 is 0. The van der Waals surface area contributed by atoms with Gasteiger partial charge >= 0.3 is 0 Å². The van der Waals surface area contributed by atoms with Crippen molar-refractivity contribution < 1.29 is 13.2 Å². The molecule has 0 radical (unpaired) electrons. The molecule has 0 atom stereocenters. The molecule has 0 saturated carbocycles. The van der Waals surface area contributed by atoms with Crippen molar-refractivity contribution in [1.29, 1.82) is 0 Å². The van der Waals surface area contributed by atoms with Crippen LogP contribution in [-0.2, 0) is 23.0 Å². The molecule has 3 aromatic carbocycles. The number of fused-ring (bicyclic) bond motifs is 2. The van der Waals surface area contributed by atoms with Gasteiger partial charge in [-0.3, -0.25) is 4.79 Å². The van der Waals surface area contributed by atoms with E-state index in [2.05, 4.69) is 5.32 Å². The highest BCUT2D eigenvalue weighted by Crippen LogP contribution is 2.21. The summed E-state index contributed by atoms with van der Waals surface area (Å²) in [5.74, 6) is -0.359. The van der Waals surface area contributed by atoms with Crippen molar-refractivity contribution in [2.45, 2.75) is 13.0 Å². The number of carbonyl (C=O) groups excluding carboxylic acids is 1. The molecule has 5 nitrogen and oxygen atoms in total. The molecule has 0 aliphatic carbocycles. The topological polar surface area (TPSA) is 66.5 Å². The van der Waals surface area contributed by atoms with Gasteiger partial charge in [-0.05, 0) is 34.4 Å². The van der Waals surface area contributed by atoms with Gasteiger partial charge in [0.2, 0.25) is 10.0 Å². The maximum atomic E-state index is 12.7. The number of nitrogens with one attached hydrogen (secondary N) is 1. The van der Waals surface area contributed by atoms with Crippen molar-refractivity contribution in [2.75, 3.05) is 18.8 Å². The molecule has 0 bridgehead atoms. The van der Waals surface area contributed by atoms with E-state index in [-0.39, 0.29) is 18.2 Å². The van der Waals surface area contributed by atoms with E-state index in [4.69, 9.17) is 0 Å². The quantitative estimate of drug-likeness (QED) is 0.724. The van der Waals surface area contributed by atoms with Gasteiger partial charge in [0.15, 0.2) is 0 Å². The predicted octanol–water partition coefficient (Wildman–Crippen LogP) is 2.96. The fourth-order valence-corrected chi connectivity index (χ4v) is 4.97. The van der Waals surface area contributed by atoms with Crippen molar-refractivity contribution in [1.82, 2.24) is 9.62 Å². The van der Waals surface area contributed by atoms with Crippen molar-refractivity contribution in [3.63, 3.8) is 0 Å². The number of nitrogens with zero attached hydrogens (tertiary/aromatic N) is 1. The van der Waals surface area contributed by atoms with E-state index >= 15 is 0 Å². The van der Waals surface area contributed by atoms with Crippen LogP contribution in [0.3, 0.4) is 0 Å². The Morgan fingerprint density at radius 3 is 2.50 bits per heavy atom.